The fourth-order valence-corrected chi connectivity index (χ4v) is 4.39. The van der Waals surface area contributed by atoms with Crippen molar-refractivity contribution in [3.05, 3.63) is 71.0 Å². The van der Waals surface area contributed by atoms with E-state index in [-0.39, 0.29) is 12.7 Å². The van der Waals surface area contributed by atoms with Gasteiger partial charge in [0.1, 0.15) is 0 Å². The van der Waals surface area contributed by atoms with Crippen molar-refractivity contribution in [1.29, 1.82) is 0 Å². The molecule has 0 unspecified atom stereocenters. The topological polar surface area (TPSA) is 92.1 Å². The standard InChI is InChI=1S/C26H29N5O4/c1-17-6-9-21(10-7-17)30-19(3)25-18(2)15-29(31(33)26(25)28-30)12-4-5-24(32)27-14-20-8-11-22-23(13-20)35-16-34-22/h6-11,13,15,33H,4-5,12,14,16H2,1-3H3,(H,27,32). The Kier molecular flexibility index (Phi) is 6.08. The zero-order valence-electron chi connectivity index (χ0n) is 20.1. The van der Waals surface area contributed by atoms with Gasteiger partial charge in [-0.15, -0.1) is 10.3 Å². The smallest absolute Gasteiger partial charge is 0.231 e. The number of ether oxygens (including phenoxy) is 2. The lowest BCUT2D eigenvalue weighted by molar-refractivity contribution is -0.121. The summed E-state index contributed by atoms with van der Waals surface area (Å²) in [5, 5.41) is 21.3. The van der Waals surface area contributed by atoms with Gasteiger partial charge in [0.05, 0.1) is 11.4 Å². The van der Waals surface area contributed by atoms with Crippen LogP contribution in [0.15, 0.2) is 48.7 Å². The number of nitrogens with zero attached hydrogens (tertiary/aromatic N) is 4. The van der Waals surface area contributed by atoms with Crippen molar-refractivity contribution in [3.8, 4) is 17.2 Å². The zero-order valence-corrected chi connectivity index (χ0v) is 20.1. The van der Waals surface area contributed by atoms with Crippen molar-refractivity contribution in [2.24, 2.45) is 0 Å². The lowest BCUT2D eigenvalue weighted by atomic mass is 10.1. The van der Waals surface area contributed by atoms with Crippen LogP contribution in [0.5, 0.6) is 11.5 Å². The number of nitrogens with one attached hydrogen (secondary N) is 1. The minimum Gasteiger partial charge on any atom is -0.454 e. The minimum absolute atomic E-state index is 0.0509. The van der Waals surface area contributed by atoms with E-state index in [1.807, 2.05) is 74.1 Å². The second-order valence-corrected chi connectivity index (χ2v) is 8.86. The number of aryl methyl sites for hydroxylation is 1. The first-order chi connectivity index (χ1) is 16.9. The first-order valence-electron chi connectivity index (χ1n) is 11.7. The number of carbonyl (C=O) groups is 1. The maximum atomic E-state index is 12.4. The van der Waals surface area contributed by atoms with Gasteiger partial charge in [0.2, 0.25) is 18.5 Å². The monoisotopic (exact) mass is 475 g/mol. The average Bonchev–Trinajstić information content (AvgIpc) is 3.46. The van der Waals surface area contributed by atoms with Gasteiger partial charge in [-0.3, -0.25) is 15.0 Å². The van der Waals surface area contributed by atoms with E-state index in [0.717, 1.165) is 39.0 Å². The highest BCUT2D eigenvalue weighted by molar-refractivity contribution is 5.77. The molecule has 182 valence electrons. The molecule has 2 aromatic carbocycles. The summed E-state index contributed by atoms with van der Waals surface area (Å²) in [6.45, 7) is 7.17. The Bertz CT molecular complexity index is 1280. The van der Waals surface area contributed by atoms with Gasteiger partial charge in [0, 0.05) is 31.3 Å². The Labute approximate surface area is 204 Å². The molecule has 0 aliphatic carbocycles. The SMILES string of the molecule is CC1=CN(CCCC(=O)NCc2ccc3c(c2)OCO3)N(O)c2nn(-c3ccc(C)cc3)c(C)c21. The summed E-state index contributed by atoms with van der Waals surface area (Å²) in [5.41, 5.74) is 5.94. The summed E-state index contributed by atoms with van der Waals surface area (Å²) < 4.78 is 12.5. The maximum absolute atomic E-state index is 12.4. The number of hydrogen-bond acceptors (Lipinski definition) is 7. The molecule has 35 heavy (non-hydrogen) atoms. The molecule has 0 bridgehead atoms. The molecule has 9 nitrogen and oxygen atoms in total. The predicted molar refractivity (Wildman–Crippen MR) is 131 cm³/mol. The quantitative estimate of drug-likeness (QED) is 0.532. The van der Waals surface area contributed by atoms with Crippen molar-refractivity contribution < 1.29 is 19.5 Å². The van der Waals surface area contributed by atoms with Crippen LogP contribution in [0.3, 0.4) is 0 Å². The second-order valence-electron chi connectivity index (χ2n) is 8.86. The van der Waals surface area contributed by atoms with Gasteiger partial charge in [0.15, 0.2) is 11.5 Å². The molecule has 0 spiro atoms. The van der Waals surface area contributed by atoms with Crippen LogP contribution >= 0.6 is 0 Å². The molecule has 0 atom stereocenters. The molecule has 0 saturated carbocycles. The third-order valence-corrected chi connectivity index (χ3v) is 6.26. The maximum Gasteiger partial charge on any atom is 0.231 e. The van der Waals surface area contributed by atoms with Gasteiger partial charge in [-0.05, 0) is 62.6 Å². The summed E-state index contributed by atoms with van der Waals surface area (Å²) in [5.74, 6) is 1.85. The van der Waals surface area contributed by atoms with E-state index in [4.69, 9.17) is 9.47 Å². The molecular formula is C26H29N5O4. The van der Waals surface area contributed by atoms with Crippen LogP contribution < -0.4 is 20.0 Å². The van der Waals surface area contributed by atoms with Gasteiger partial charge in [-0.25, -0.2) is 4.68 Å². The van der Waals surface area contributed by atoms with Crippen LogP contribution in [0.4, 0.5) is 5.82 Å². The van der Waals surface area contributed by atoms with Gasteiger partial charge in [-0.2, -0.15) is 0 Å². The van der Waals surface area contributed by atoms with Crippen molar-refractivity contribution in [3.63, 3.8) is 0 Å². The molecular weight excluding hydrogens is 446 g/mol. The van der Waals surface area contributed by atoms with Crippen LogP contribution in [-0.2, 0) is 11.3 Å². The Balaban J connectivity index is 1.18. The number of benzene rings is 2. The number of hydrogen-bond donors (Lipinski definition) is 2. The highest BCUT2D eigenvalue weighted by Crippen LogP contribution is 2.35. The van der Waals surface area contributed by atoms with E-state index < -0.39 is 0 Å². The van der Waals surface area contributed by atoms with Crippen molar-refractivity contribution in [2.75, 3.05) is 18.5 Å². The largest absolute Gasteiger partial charge is 0.454 e. The van der Waals surface area contributed by atoms with Crippen LogP contribution in [0.2, 0.25) is 0 Å². The summed E-state index contributed by atoms with van der Waals surface area (Å²) in [6, 6.07) is 13.7. The van der Waals surface area contributed by atoms with Crippen LogP contribution in [0.1, 0.15) is 42.1 Å². The average molecular weight is 476 g/mol. The van der Waals surface area contributed by atoms with Crippen molar-refractivity contribution in [2.45, 2.75) is 40.2 Å². The summed E-state index contributed by atoms with van der Waals surface area (Å²) in [6.07, 6.45) is 2.80. The number of amides is 1. The van der Waals surface area contributed by atoms with E-state index in [1.54, 1.807) is 5.01 Å². The Morgan fingerprint density at radius 1 is 1.09 bits per heavy atom. The van der Waals surface area contributed by atoms with E-state index in [9.17, 15) is 10.0 Å². The lowest BCUT2D eigenvalue weighted by Crippen LogP contribution is -2.40. The van der Waals surface area contributed by atoms with Gasteiger partial charge in [-0.1, -0.05) is 23.8 Å². The number of rotatable bonds is 7. The van der Waals surface area contributed by atoms with Crippen LogP contribution in [0, 0.1) is 13.8 Å². The minimum atomic E-state index is -0.0509. The van der Waals surface area contributed by atoms with Gasteiger partial charge < -0.3 is 14.8 Å². The Hall–Kier alpha value is -3.98. The van der Waals surface area contributed by atoms with Crippen LogP contribution in [0.25, 0.3) is 11.3 Å². The normalized spacial score (nSPS) is 14.1. The number of allylic oxidation sites excluding steroid dienone is 1. The van der Waals surface area contributed by atoms with Crippen molar-refractivity contribution in [1.82, 2.24) is 20.1 Å². The molecule has 1 amide bonds. The number of carbonyl (C=O) groups excluding carboxylic acids is 1. The molecule has 0 saturated heterocycles. The molecule has 5 rings (SSSR count). The fourth-order valence-electron chi connectivity index (χ4n) is 4.39. The lowest BCUT2D eigenvalue weighted by Gasteiger charge is -2.33. The first-order valence-corrected chi connectivity index (χ1v) is 11.7. The molecule has 3 heterocycles. The van der Waals surface area contributed by atoms with Crippen LogP contribution in [-0.4, -0.2) is 39.2 Å². The number of aromatic nitrogens is 2. The predicted octanol–water partition coefficient (Wildman–Crippen LogP) is 4.10. The Morgan fingerprint density at radius 3 is 2.66 bits per heavy atom. The van der Waals surface area contributed by atoms with E-state index in [2.05, 4.69) is 10.4 Å². The number of fused-ring (bicyclic) bond motifs is 2. The zero-order chi connectivity index (χ0) is 24.5. The number of anilines is 1. The summed E-state index contributed by atoms with van der Waals surface area (Å²) in [4.78, 5) is 12.4. The summed E-state index contributed by atoms with van der Waals surface area (Å²) in [7, 11) is 0. The highest BCUT2D eigenvalue weighted by atomic mass is 16.7. The van der Waals surface area contributed by atoms with E-state index >= 15 is 0 Å². The molecule has 0 radical (unpaired) electrons. The molecule has 3 aromatic rings. The second kappa shape index (κ2) is 9.34. The van der Waals surface area contributed by atoms with Crippen molar-refractivity contribution >= 4 is 17.3 Å². The third kappa shape index (κ3) is 4.54. The first kappa shape index (κ1) is 22.8. The highest BCUT2D eigenvalue weighted by Gasteiger charge is 2.28. The number of hydrazine groups is 1. The third-order valence-electron chi connectivity index (χ3n) is 6.26. The summed E-state index contributed by atoms with van der Waals surface area (Å²) >= 11 is 0. The Morgan fingerprint density at radius 2 is 1.86 bits per heavy atom. The van der Waals surface area contributed by atoms with Gasteiger partial charge in [0.25, 0.3) is 0 Å². The molecule has 2 aliphatic rings. The van der Waals surface area contributed by atoms with E-state index in [1.165, 1.54) is 5.56 Å². The molecule has 1 aromatic heterocycles. The molecule has 9 heteroatoms. The van der Waals surface area contributed by atoms with Gasteiger partial charge >= 0.3 is 0 Å². The molecule has 2 N–H and O–H groups in total. The molecule has 0 fully saturated rings. The fraction of sp³-hybridized carbons (Fsp3) is 0.308. The van der Waals surface area contributed by atoms with E-state index in [0.29, 0.717) is 37.5 Å². The molecule has 2 aliphatic heterocycles.